The van der Waals surface area contributed by atoms with Gasteiger partial charge in [-0.25, -0.2) is 0 Å². The first-order chi connectivity index (χ1) is 7.69. The SMILES string of the molecule is CCC1CCC(N)C(CN2CCC(C)C2)C1. The first-order valence-electron chi connectivity index (χ1n) is 7.17. The molecule has 0 aromatic heterocycles. The van der Waals surface area contributed by atoms with E-state index in [2.05, 4.69) is 18.7 Å². The highest BCUT2D eigenvalue weighted by Gasteiger charge is 2.30. The van der Waals surface area contributed by atoms with E-state index < -0.39 is 0 Å². The Bertz CT molecular complexity index is 217. The topological polar surface area (TPSA) is 29.3 Å². The van der Waals surface area contributed by atoms with Crippen LogP contribution in [0, 0.1) is 17.8 Å². The summed E-state index contributed by atoms with van der Waals surface area (Å²) < 4.78 is 0. The number of hydrogen-bond donors (Lipinski definition) is 1. The quantitative estimate of drug-likeness (QED) is 0.798. The molecule has 2 aliphatic rings. The van der Waals surface area contributed by atoms with E-state index >= 15 is 0 Å². The van der Waals surface area contributed by atoms with E-state index in [-0.39, 0.29) is 0 Å². The zero-order chi connectivity index (χ0) is 11.5. The van der Waals surface area contributed by atoms with Crippen molar-refractivity contribution in [2.75, 3.05) is 19.6 Å². The molecule has 0 radical (unpaired) electrons. The minimum absolute atomic E-state index is 0.471. The Labute approximate surface area is 101 Å². The highest BCUT2D eigenvalue weighted by molar-refractivity contribution is 4.85. The van der Waals surface area contributed by atoms with Crippen molar-refractivity contribution >= 4 is 0 Å². The molecule has 1 aliphatic carbocycles. The van der Waals surface area contributed by atoms with E-state index in [0.717, 1.165) is 17.8 Å². The van der Waals surface area contributed by atoms with Crippen molar-refractivity contribution in [3.05, 3.63) is 0 Å². The second kappa shape index (κ2) is 5.50. The molecule has 0 amide bonds. The van der Waals surface area contributed by atoms with Crippen LogP contribution in [0.1, 0.15) is 46.0 Å². The van der Waals surface area contributed by atoms with Crippen molar-refractivity contribution in [3.8, 4) is 0 Å². The molecular formula is C14H28N2. The number of hydrogen-bond acceptors (Lipinski definition) is 2. The van der Waals surface area contributed by atoms with Crippen molar-refractivity contribution in [3.63, 3.8) is 0 Å². The number of rotatable bonds is 3. The molecule has 0 aromatic carbocycles. The Hall–Kier alpha value is -0.0800. The standard InChI is InChI=1S/C14H28N2/c1-3-12-4-5-14(15)13(8-12)10-16-7-6-11(2)9-16/h11-14H,3-10,15H2,1-2H3. The molecule has 2 rings (SSSR count). The molecule has 1 saturated heterocycles. The van der Waals surface area contributed by atoms with Gasteiger partial charge < -0.3 is 10.6 Å². The van der Waals surface area contributed by atoms with E-state index in [1.165, 1.54) is 51.7 Å². The highest BCUT2D eigenvalue weighted by atomic mass is 15.1. The molecule has 4 atom stereocenters. The molecule has 4 unspecified atom stereocenters. The van der Waals surface area contributed by atoms with Gasteiger partial charge in [-0.3, -0.25) is 0 Å². The predicted octanol–water partition coefficient (Wildman–Crippen LogP) is 2.48. The summed E-state index contributed by atoms with van der Waals surface area (Å²) in [6.45, 7) is 8.58. The minimum atomic E-state index is 0.471. The molecule has 0 bridgehead atoms. The van der Waals surface area contributed by atoms with Gasteiger partial charge in [0.25, 0.3) is 0 Å². The first kappa shape index (κ1) is 12.4. The zero-order valence-electron chi connectivity index (χ0n) is 11.0. The van der Waals surface area contributed by atoms with Crippen molar-refractivity contribution in [2.24, 2.45) is 23.5 Å². The van der Waals surface area contributed by atoms with Gasteiger partial charge >= 0.3 is 0 Å². The Morgan fingerprint density at radius 2 is 2.06 bits per heavy atom. The summed E-state index contributed by atoms with van der Waals surface area (Å²) in [6.07, 6.45) is 6.73. The van der Waals surface area contributed by atoms with Gasteiger partial charge in [0.15, 0.2) is 0 Å². The fraction of sp³-hybridized carbons (Fsp3) is 1.00. The van der Waals surface area contributed by atoms with E-state index in [4.69, 9.17) is 5.73 Å². The maximum Gasteiger partial charge on any atom is 0.00795 e. The number of nitrogens with zero attached hydrogens (tertiary/aromatic N) is 1. The van der Waals surface area contributed by atoms with Crippen LogP contribution >= 0.6 is 0 Å². The monoisotopic (exact) mass is 224 g/mol. The van der Waals surface area contributed by atoms with Gasteiger partial charge in [-0.1, -0.05) is 20.3 Å². The van der Waals surface area contributed by atoms with Gasteiger partial charge in [-0.15, -0.1) is 0 Å². The van der Waals surface area contributed by atoms with E-state index in [1.54, 1.807) is 0 Å². The van der Waals surface area contributed by atoms with Crippen LogP contribution in [0.15, 0.2) is 0 Å². The lowest BCUT2D eigenvalue weighted by atomic mass is 9.77. The van der Waals surface area contributed by atoms with Gasteiger partial charge in [0.1, 0.15) is 0 Å². The molecule has 2 N–H and O–H groups in total. The number of nitrogens with two attached hydrogens (primary N) is 1. The van der Waals surface area contributed by atoms with Crippen LogP contribution in [0.3, 0.4) is 0 Å². The van der Waals surface area contributed by atoms with E-state index in [9.17, 15) is 0 Å². The summed E-state index contributed by atoms with van der Waals surface area (Å²) in [5, 5.41) is 0. The zero-order valence-corrected chi connectivity index (χ0v) is 11.0. The normalized spacial score (nSPS) is 41.4. The van der Waals surface area contributed by atoms with E-state index in [0.29, 0.717) is 6.04 Å². The highest BCUT2D eigenvalue weighted by Crippen LogP contribution is 2.31. The molecule has 1 aliphatic heterocycles. The summed E-state index contributed by atoms with van der Waals surface area (Å²) in [5.41, 5.74) is 6.28. The summed E-state index contributed by atoms with van der Waals surface area (Å²) in [7, 11) is 0. The second-order valence-corrected chi connectivity index (χ2v) is 6.16. The summed E-state index contributed by atoms with van der Waals surface area (Å²) >= 11 is 0. The average Bonchev–Trinajstić information content (AvgIpc) is 2.67. The van der Waals surface area contributed by atoms with Crippen LogP contribution in [0.4, 0.5) is 0 Å². The molecule has 0 spiro atoms. The molecule has 1 saturated carbocycles. The molecule has 0 aromatic rings. The maximum atomic E-state index is 6.28. The summed E-state index contributed by atoms with van der Waals surface area (Å²) in [5.74, 6) is 2.62. The molecule has 2 nitrogen and oxygen atoms in total. The van der Waals surface area contributed by atoms with Crippen molar-refractivity contribution in [1.29, 1.82) is 0 Å². The molecule has 94 valence electrons. The largest absolute Gasteiger partial charge is 0.327 e. The second-order valence-electron chi connectivity index (χ2n) is 6.16. The van der Waals surface area contributed by atoms with Crippen molar-refractivity contribution < 1.29 is 0 Å². The fourth-order valence-electron chi connectivity index (χ4n) is 3.49. The molecular weight excluding hydrogens is 196 g/mol. The summed E-state index contributed by atoms with van der Waals surface area (Å²) in [4.78, 5) is 2.65. The van der Waals surface area contributed by atoms with Crippen LogP contribution < -0.4 is 5.73 Å². The molecule has 1 heterocycles. The third kappa shape index (κ3) is 2.98. The van der Waals surface area contributed by atoms with Gasteiger partial charge in [-0.05, 0) is 50.0 Å². The minimum Gasteiger partial charge on any atom is -0.327 e. The van der Waals surface area contributed by atoms with Crippen LogP contribution in [-0.2, 0) is 0 Å². The van der Waals surface area contributed by atoms with Crippen molar-refractivity contribution in [2.45, 2.75) is 52.0 Å². The number of likely N-dealkylation sites (tertiary alicyclic amines) is 1. The third-order valence-corrected chi connectivity index (χ3v) is 4.73. The van der Waals surface area contributed by atoms with Crippen LogP contribution in [0.2, 0.25) is 0 Å². The Morgan fingerprint density at radius 1 is 1.25 bits per heavy atom. The molecule has 16 heavy (non-hydrogen) atoms. The first-order valence-corrected chi connectivity index (χ1v) is 7.17. The van der Waals surface area contributed by atoms with Gasteiger partial charge in [0.05, 0.1) is 0 Å². The van der Waals surface area contributed by atoms with Gasteiger partial charge in [0.2, 0.25) is 0 Å². The van der Waals surface area contributed by atoms with E-state index in [1.807, 2.05) is 0 Å². The Morgan fingerprint density at radius 3 is 2.69 bits per heavy atom. The average molecular weight is 224 g/mol. The summed E-state index contributed by atoms with van der Waals surface area (Å²) in [6, 6.07) is 0.471. The lowest BCUT2D eigenvalue weighted by Crippen LogP contribution is -2.42. The molecule has 2 heteroatoms. The van der Waals surface area contributed by atoms with Crippen LogP contribution in [-0.4, -0.2) is 30.6 Å². The van der Waals surface area contributed by atoms with Crippen LogP contribution in [0.25, 0.3) is 0 Å². The smallest absolute Gasteiger partial charge is 0.00795 e. The Kier molecular flexibility index (Phi) is 4.26. The molecule has 2 fully saturated rings. The van der Waals surface area contributed by atoms with Gasteiger partial charge in [-0.2, -0.15) is 0 Å². The predicted molar refractivity (Wildman–Crippen MR) is 69.3 cm³/mol. The Balaban J connectivity index is 1.82. The third-order valence-electron chi connectivity index (χ3n) is 4.73. The van der Waals surface area contributed by atoms with Crippen molar-refractivity contribution in [1.82, 2.24) is 4.90 Å². The fourth-order valence-corrected chi connectivity index (χ4v) is 3.49. The maximum absolute atomic E-state index is 6.28. The lowest BCUT2D eigenvalue weighted by molar-refractivity contribution is 0.169. The van der Waals surface area contributed by atoms with Crippen LogP contribution in [0.5, 0.6) is 0 Å². The van der Waals surface area contributed by atoms with Gasteiger partial charge in [0, 0.05) is 19.1 Å². The lowest BCUT2D eigenvalue weighted by Gasteiger charge is -2.36.